The van der Waals surface area contributed by atoms with Gasteiger partial charge in [0.1, 0.15) is 6.29 Å². The number of allylic oxidation sites excluding steroid dienone is 2. The Morgan fingerprint density at radius 1 is 1.13 bits per heavy atom. The molecule has 1 saturated carbocycles. The molecule has 0 aromatic heterocycles. The number of hydrogen-bond acceptors (Lipinski definition) is 1. The highest BCUT2D eigenvalue weighted by molar-refractivity contribution is 5.73. The van der Waals surface area contributed by atoms with Gasteiger partial charge in [-0.1, -0.05) is 52.5 Å². The molecule has 0 N–H and O–H groups in total. The zero-order valence-corrected chi connectivity index (χ0v) is 10.4. The van der Waals surface area contributed by atoms with Crippen molar-refractivity contribution in [2.45, 2.75) is 59.3 Å². The van der Waals surface area contributed by atoms with Crippen LogP contribution in [-0.4, -0.2) is 6.29 Å². The highest BCUT2D eigenvalue weighted by Gasteiger charge is 2.24. The van der Waals surface area contributed by atoms with Gasteiger partial charge in [0, 0.05) is 0 Å². The molecule has 0 atom stereocenters. The van der Waals surface area contributed by atoms with Crippen molar-refractivity contribution in [3.63, 3.8) is 0 Å². The van der Waals surface area contributed by atoms with Crippen LogP contribution >= 0.6 is 0 Å². The van der Waals surface area contributed by atoms with Crippen LogP contribution in [0.1, 0.15) is 59.3 Å². The van der Waals surface area contributed by atoms with E-state index < -0.39 is 0 Å². The monoisotopic (exact) mass is 208 g/mol. The summed E-state index contributed by atoms with van der Waals surface area (Å²) in [5.74, 6) is 0.363. The molecule has 0 unspecified atom stereocenters. The van der Waals surface area contributed by atoms with E-state index >= 15 is 0 Å². The molecule has 1 fully saturated rings. The molecule has 0 radical (unpaired) electrons. The van der Waals surface area contributed by atoms with Gasteiger partial charge in [-0.2, -0.15) is 0 Å². The first-order chi connectivity index (χ1) is 7.07. The van der Waals surface area contributed by atoms with E-state index in [4.69, 9.17) is 0 Å². The quantitative estimate of drug-likeness (QED) is 0.387. The number of rotatable bonds is 3. The molecule has 0 aromatic rings. The number of aldehydes is 1. The van der Waals surface area contributed by atoms with Gasteiger partial charge in [-0.25, -0.2) is 0 Å². The first-order valence-electron chi connectivity index (χ1n) is 6.25. The standard InChI is InChI=1S/C14H24O/c1-12(2)13(11-15)10-14(3)8-6-4-5-7-9-14/h10-12H,4-9H2,1-3H3/b13-10+. The summed E-state index contributed by atoms with van der Waals surface area (Å²) in [5, 5.41) is 0. The summed E-state index contributed by atoms with van der Waals surface area (Å²) in [4.78, 5) is 11.0. The van der Waals surface area contributed by atoms with Gasteiger partial charge in [-0.05, 0) is 29.7 Å². The molecular weight excluding hydrogens is 184 g/mol. The Kier molecular flexibility index (Phi) is 4.56. The Bertz CT molecular complexity index is 230. The predicted octanol–water partition coefficient (Wildman–Crippen LogP) is 4.13. The molecule has 0 spiro atoms. The van der Waals surface area contributed by atoms with E-state index in [0.717, 1.165) is 11.9 Å². The van der Waals surface area contributed by atoms with Gasteiger partial charge in [0.2, 0.25) is 0 Å². The summed E-state index contributed by atoms with van der Waals surface area (Å²) in [7, 11) is 0. The largest absolute Gasteiger partial charge is 0.298 e. The summed E-state index contributed by atoms with van der Waals surface area (Å²) in [6, 6.07) is 0. The van der Waals surface area contributed by atoms with E-state index in [1.54, 1.807) is 0 Å². The topological polar surface area (TPSA) is 17.1 Å². The molecule has 0 aliphatic heterocycles. The SMILES string of the molecule is CC(C)/C(C=O)=C/C1(C)CCCCCC1. The molecule has 0 bridgehead atoms. The molecule has 0 amide bonds. The second kappa shape index (κ2) is 5.48. The Labute approximate surface area is 93.9 Å². The lowest BCUT2D eigenvalue weighted by molar-refractivity contribution is -0.105. The summed E-state index contributed by atoms with van der Waals surface area (Å²) >= 11 is 0. The predicted molar refractivity (Wildman–Crippen MR) is 64.8 cm³/mol. The average Bonchev–Trinajstić information content (AvgIpc) is 2.40. The average molecular weight is 208 g/mol. The minimum absolute atomic E-state index is 0.275. The van der Waals surface area contributed by atoms with E-state index in [2.05, 4.69) is 26.8 Å². The van der Waals surface area contributed by atoms with Crippen LogP contribution in [0.2, 0.25) is 0 Å². The van der Waals surface area contributed by atoms with Crippen molar-refractivity contribution >= 4 is 6.29 Å². The van der Waals surface area contributed by atoms with Gasteiger partial charge in [-0.15, -0.1) is 0 Å². The van der Waals surface area contributed by atoms with Crippen LogP contribution in [0.5, 0.6) is 0 Å². The van der Waals surface area contributed by atoms with Gasteiger partial charge >= 0.3 is 0 Å². The van der Waals surface area contributed by atoms with Crippen LogP contribution in [0.25, 0.3) is 0 Å². The zero-order valence-electron chi connectivity index (χ0n) is 10.4. The van der Waals surface area contributed by atoms with Crippen LogP contribution in [0.3, 0.4) is 0 Å². The van der Waals surface area contributed by atoms with E-state index in [0.29, 0.717) is 5.92 Å². The summed E-state index contributed by atoms with van der Waals surface area (Å²) < 4.78 is 0. The third kappa shape index (κ3) is 3.81. The molecule has 1 aliphatic carbocycles. The van der Waals surface area contributed by atoms with Crippen molar-refractivity contribution in [3.8, 4) is 0 Å². The Balaban J connectivity index is 2.78. The lowest BCUT2D eigenvalue weighted by Gasteiger charge is -2.25. The molecule has 0 aromatic carbocycles. The number of carbonyl (C=O) groups excluding carboxylic acids is 1. The van der Waals surface area contributed by atoms with Crippen molar-refractivity contribution < 1.29 is 4.79 Å². The molecule has 1 aliphatic rings. The van der Waals surface area contributed by atoms with E-state index in [1.807, 2.05) is 0 Å². The Morgan fingerprint density at radius 3 is 2.07 bits per heavy atom. The first kappa shape index (κ1) is 12.5. The zero-order chi connectivity index (χ0) is 11.3. The van der Waals surface area contributed by atoms with Crippen molar-refractivity contribution in [1.29, 1.82) is 0 Å². The summed E-state index contributed by atoms with van der Waals surface area (Å²) in [6.07, 6.45) is 11.1. The van der Waals surface area contributed by atoms with Crippen molar-refractivity contribution in [2.24, 2.45) is 11.3 Å². The summed E-state index contributed by atoms with van der Waals surface area (Å²) in [6.45, 7) is 6.50. The Hall–Kier alpha value is -0.590. The van der Waals surface area contributed by atoms with Crippen molar-refractivity contribution in [3.05, 3.63) is 11.6 Å². The molecule has 0 heterocycles. The third-order valence-corrected chi connectivity index (χ3v) is 3.56. The highest BCUT2D eigenvalue weighted by Crippen LogP contribution is 2.37. The van der Waals surface area contributed by atoms with Crippen LogP contribution < -0.4 is 0 Å². The lowest BCUT2D eigenvalue weighted by Crippen LogP contribution is -2.14. The number of carbonyl (C=O) groups is 1. The minimum Gasteiger partial charge on any atom is -0.298 e. The van der Waals surface area contributed by atoms with E-state index in [-0.39, 0.29) is 5.41 Å². The minimum atomic E-state index is 0.275. The number of hydrogen-bond donors (Lipinski definition) is 0. The second-order valence-corrected chi connectivity index (χ2v) is 5.49. The molecule has 1 heteroatoms. The van der Waals surface area contributed by atoms with Gasteiger partial charge in [0.05, 0.1) is 0 Å². The Morgan fingerprint density at radius 2 is 1.67 bits per heavy atom. The fourth-order valence-corrected chi connectivity index (χ4v) is 2.42. The second-order valence-electron chi connectivity index (χ2n) is 5.49. The van der Waals surface area contributed by atoms with Gasteiger partial charge in [-0.3, -0.25) is 4.79 Å². The maximum absolute atomic E-state index is 11.0. The molecule has 1 nitrogen and oxygen atoms in total. The fraction of sp³-hybridized carbons (Fsp3) is 0.786. The van der Waals surface area contributed by atoms with E-state index in [1.165, 1.54) is 38.5 Å². The van der Waals surface area contributed by atoms with Crippen LogP contribution in [-0.2, 0) is 4.79 Å². The van der Waals surface area contributed by atoms with Crippen molar-refractivity contribution in [2.75, 3.05) is 0 Å². The maximum atomic E-state index is 11.0. The van der Waals surface area contributed by atoms with Crippen LogP contribution in [0.15, 0.2) is 11.6 Å². The fourth-order valence-electron chi connectivity index (χ4n) is 2.42. The molecule has 1 rings (SSSR count). The molecule has 15 heavy (non-hydrogen) atoms. The third-order valence-electron chi connectivity index (χ3n) is 3.56. The van der Waals surface area contributed by atoms with E-state index in [9.17, 15) is 4.79 Å². The molecule has 0 saturated heterocycles. The summed E-state index contributed by atoms with van der Waals surface area (Å²) in [5.41, 5.74) is 1.26. The van der Waals surface area contributed by atoms with Crippen LogP contribution in [0, 0.1) is 11.3 Å². The molecule has 86 valence electrons. The molecular formula is C14H24O. The van der Waals surface area contributed by atoms with Gasteiger partial charge in [0.15, 0.2) is 0 Å². The maximum Gasteiger partial charge on any atom is 0.145 e. The van der Waals surface area contributed by atoms with Gasteiger partial charge in [0.25, 0.3) is 0 Å². The van der Waals surface area contributed by atoms with Gasteiger partial charge < -0.3 is 0 Å². The van der Waals surface area contributed by atoms with Crippen LogP contribution in [0.4, 0.5) is 0 Å². The normalized spacial score (nSPS) is 22.5. The smallest absolute Gasteiger partial charge is 0.145 e. The first-order valence-corrected chi connectivity index (χ1v) is 6.25. The highest BCUT2D eigenvalue weighted by atomic mass is 16.1. The lowest BCUT2D eigenvalue weighted by atomic mass is 9.80. The van der Waals surface area contributed by atoms with Crippen molar-refractivity contribution in [1.82, 2.24) is 0 Å².